The van der Waals surface area contributed by atoms with E-state index in [4.69, 9.17) is 15.2 Å². The summed E-state index contributed by atoms with van der Waals surface area (Å²) in [6.07, 6.45) is -0.825. The zero-order chi connectivity index (χ0) is 17.5. The second-order valence-corrected chi connectivity index (χ2v) is 5.21. The minimum atomic E-state index is -1.21. The van der Waals surface area contributed by atoms with Crippen molar-refractivity contribution in [2.24, 2.45) is 5.73 Å². The molecule has 0 spiro atoms. The molecule has 3 N–H and O–H groups in total. The minimum Gasteiger partial charge on any atom is -0.480 e. The number of esters is 1. The van der Waals surface area contributed by atoms with Gasteiger partial charge in [0, 0.05) is 12.5 Å². The molecule has 0 amide bonds. The van der Waals surface area contributed by atoms with Gasteiger partial charge in [-0.25, -0.2) is 0 Å². The molecule has 6 nitrogen and oxygen atoms in total. The van der Waals surface area contributed by atoms with Crippen LogP contribution in [-0.2, 0) is 20.9 Å². The van der Waals surface area contributed by atoms with Crippen molar-refractivity contribution in [3.8, 4) is 5.75 Å². The third kappa shape index (κ3) is 4.65. The Morgan fingerprint density at radius 3 is 2.33 bits per heavy atom. The van der Waals surface area contributed by atoms with Gasteiger partial charge in [-0.2, -0.15) is 0 Å². The molecule has 0 radical (unpaired) electrons. The van der Waals surface area contributed by atoms with E-state index in [-0.39, 0.29) is 6.61 Å². The van der Waals surface area contributed by atoms with E-state index in [1.807, 2.05) is 6.07 Å². The first kappa shape index (κ1) is 17.7. The first-order valence-corrected chi connectivity index (χ1v) is 7.40. The van der Waals surface area contributed by atoms with Gasteiger partial charge in [0.1, 0.15) is 17.9 Å². The van der Waals surface area contributed by atoms with Crippen LogP contribution in [0.4, 0.5) is 0 Å². The highest BCUT2D eigenvalue weighted by molar-refractivity contribution is 5.74. The molecule has 0 aliphatic heterocycles. The first-order chi connectivity index (χ1) is 11.5. The van der Waals surface area contributed by atoms with Crippen LogP contribution in [0.1, 0.15) is 24.2 Å². The van der Waals surface area contributed by atoms with Gasteiger partial charge in [0.15, 0.2) is 0 Å². The Bertz CT molecular complexity index is 702. The van der Waals surface area contributed by atoms with E-state index in [0.717, 1.165) is 0 Å². The third-order valence-electron chi connectivity index (χ3n) is 3.38. The average molecular weight is 329 g/mol. The fraction of sp³-hybridized carbons (Fsp3) is 0.222. The van der Waals surface area contributed by atoms with Crippen molar-refractivity contribution in [3.63, 3.8) is 0 Å². The summed E-state index contributed by atoms with van der Waals surface area (Å²) in [6.45, 7) is 1.37. The highest BCUT2D eigenvalue weighted by Gasteiger charge is 2.27. The Hall–Kier alpha value is -2.70. The summed E-state index contributed by atoms with van der Waals surface area (Å²) in [4.78, 5) is 22.4. The maximum Gasteiger partial charge on any atom is 0.323 e. The highest BCUT2D eigenvalue weighted by Crippen LogP contribution is 2.25. The van der Waals surface area contributed by atoms with E-state index >= 15 is 0 Å². The lowest BCUT2D eigenvalue weighted by molar-refractivity contribution is -0.143. The number of nitrogens with two attached hydrogens (primary N) is 1. The summed E-state index contributed by atoms with van der Waals surface area (Å²) >= 11 is 0. The van der Waals surface area contributed by atoms with Crippen LogP contribution in [0.2, 0.25) is 0 Å². The molecular weight excluding hydrogens is 310 g/mol. The van der Waals surface area contributed by atoms with E-state index in [9.17, 15) is 14.7 Å². The number of ether oxygens (including phenoxy) is 2. The van der Waals surface area contributed by atoms with E-state index in [1.165, 1.54) is 6.92 Å². The quantitative estimate of drug-likeness (QED) is 0.597. The van der Waals surface area contributed by atoms with Crippen molar-refractivity contribution in [2.45, 2.75) is 25.7 Å². The van der Waals surface area contributed by atoms with Gasteiger partial charge in [-0.15, -0.1) is 0 Å². The molecule has 0 bridgehead atoms. The van der Waals surface area contributed by atoms with E-state index in [2.05, 4.69) is 0 Å². The van der Waals surface area contributed by atoms with Crippen molar-refractivity contribution < 1.29 is 24.2 Å². The number of carboxylic acid groups (broad SMARTS) is 1. The van der Waals surface area contributed by atoms with E-state index in [1.54, 1.807) is 48.5 Å². The zero-order valence-corrected chi connectivity index (χ0v) is 13.2. The predicted molar refractivity (Wildman–Crippen MR) is 87.3 cm³/mol. The number of rotatable bonds is 7. The molecule has 0 aromatic heterocycles. The van der Waals surface area contributed by atoms with Gasteiger partial charge >= 0.3 is 11.9 Å². The second kappa shape index (κ2) is 8.24. The Balaban J connectivity index is 2.20. The largest absolute Gasteiger partial charge is 0.480 e. The average Bonchev–Trinajstić information content (AvgIpc) is 2.56. The van der Waals surface area contributed by atoms with Gasteiger partial charge in [-0.3, -0.25) is 9.59 Å². The molecule has 2 aromatic carbocycles. The zero-order valence-electron chi connectivity index (χ0n) is 13.2. The number of hydrogen-bond acceptors (Lipinski definition) is 5. The van der Waals surface area contributed by atoms with Crippen molar-refractivity contribution >= 4 is 11.9 Å². The molecule has 2 atom stereocenters. The molecule has 0 fully saturated rings. The Labute approximate surface area is 139 Å². The number of carbonyl (C=O) groups is 2. The number of benzene rings is 2. The monoisotopic (exact) mass is 329 g/mol. The lowest BCUT2D eigenvalue weighted by Crippen LogP contribution is -2.37. The fourth-order valence-electron chi connectivity index (χ4n) is 2.24. The van der Waals surface area contributed by atoms with Crippen molar-refractivity contribution in [1.29, 1.82) is 0 Å². The summed E-state index contributed by atoms with van der Waals surface area (Å²) in [5.41, 5.74) is 7.06. The standard InChI is InChI=1S/C18H19NO5/c1-12(20)24-15-10-6-5-9-14(15)11-23-17(16(19)18(21)22)13-7-3-2-4-8-13/h2-10,16-17H,11,19H2,1H3,(H,21,22). The Morgan fingerprint density at radius 1 is 1.08 bits per heavy atom. The van der Waals surface area contributed by atoms with Gasteiger partial charge < -0.3 is 20.3 Å². The molecule has 0 heterocycles. The van der Waals surface area contributed by atoms with Crippen LogP contribution in [0.25, 0.3) is 0 Å². The van der Waals surface area contributed by atoms with Gasteiger partial charge in [0.2, 0.25) is 0 Å². The summed E-state index contributed by atoms with van der Waals surface area (Å²) in [5.74, 6) is -1.22. The van der Waals surface area contributed by atoms with Crippen LogP contribution in [0.15, 0.2) is 54.6 Å². The Kier molecular flexibility index (Phi) is 6.06. The summed E-state index contributed by atoms with van der Waals surface area (Å²) in [7, 11) is 0. The molecule has 0 saturated carbocycles. The topological polar surface area (TPSA) is 98.9 Å². The van der Waals surface area contributed by atoms with Crippen LogP contribution < -0.4 is 10.5 Å². The number of aliphatic carboxylic acids is 1. The second-order valence-electron chi connectivity index (χ2n) is 5.21. The molecule has 24 heavy (non-hydrogen) atoms. The van der Waals surface area contributed by atoms with Gasteiger partial charge in [-0.05, 0) is 11.6 Å². The molecule has 2 aromatic rings. The van der Waals surface area contributed by atoms with E-state index < -0.39 is 24.1 Å². The van der Waals surface area contributed by atoms with Gasteiger partial charge in [-0.1, -0.05) is 48.5 Å². The van der Waals surface area contributed by atoms with Crippen molar-refractivity contribution in [3.05, 3.63) is 65.7 Å². The number of carbonyl (C=O) groups excluding carboxylic acids is 1. The molecule has 2 unspecified atom stereocenters. The lowest BCUT2D eigenvalue weighted by Gasteiger charge is -2.22. The van der Waals surface area contributed by atoms with Crippen LogP contribution in [0.5, 0.6) is 5.75 Å². The fourth-order valence-corrected chi connectivity index (χ4v) is 2.24. The van der Waals surface area contributed by atoms with Crippen LogP contribution in [-0.4, -0.2) is 23.1 Å². The highest BCUT2D eigenvalue weighted by atomic mass is 16.5. The normalized spacial score (nSPS) is 13.1. The molecule has 0 aliphatic carbocycles. The summed E-state index contributed by atoms with van der Waals surface area (Å²) in [5, 5.41) is 9.21. The Morgan fingerprint density at radius 2 is 1.71 bits per heavy atom. The number of para-hydroxylation sites is 1. The van der Waals surface area contributed by atoms with E-state index in [0.29, 0.717) is 16.9 Å². The molecule has 0 saturated heterocycles. The lowest BCUT2D eigenvalue weighted by atomic mass is 10.0. The molecule has 0 aliphatic rings. The number of carboxylic acids is 1. The maximum absolute atomic E-state index is 11.3. The summed E-state index contributed by atoms with van der Waals surface area (Å²) < 4.78 is 10.9. The number of hydrogen-bond donors (Lipinski definition) is 2. The SMILES string of the molecule is CC(=O)Oc1ccccc1COC(c1ccccc1)C(N)C(=O)O. The molecule has 126 valence electrons. The van der Waals surface area contributed by atoms with Crippen LogP contribution >= 0.6 is 0 Å². The minimum absolute atomic E-state index is 0.0595. The smallest absolute Gasteiger partial charge is 0.323 e. The first-order valence-electron chi connectivity index (χ1n) is 7.40. The summed E-state index contributed by atoms with van der Waals surface area (Å²) in [6, 6.07) is 14.6. The van der Waals surface area contributed by atoms with Crippen LogP contribution in [0, 0.1) is 0 Å². The predicted octanol–water partition coefficient (Wildman–Crippen LogP) is 2.28. The van der Waals surface area contributed by atoms with Crippen molar-refractivity contribution in [2.75, 3.05) is 0 Å². The van der Waals surface area contributed by atoms with Crippen molar-refractivity contribution in [1.82, 2.24) is 0 Å². The molecule has 6 heteroatoms. The molecular formula is C18H19NO5. The van der Waals surface area contributed by atoms with Gasteiger partial charge in [0.25, 0.3) is 0 Å². The third-order valence-corrected chi connectivity index (χ3v) is 3.38. The van der Waals surface area contributed by atoms with Crippen LogP contribution in [0.3, 0.4) is 0 Å². The van der Waals surface area contributed by atoms with Gasteiger partial charge in [0.05, 0.1) is 6.61 Å². The maximum atomic E-state index is 11.3. The molecule has 2 rings (SSSR count).